The highest BCUT2D eigenvalue weighted by Gasteiger charge is 2.28. The Labute approximate surface area is 207 Å². The van der Waals surface area contributed by atoms with E-state index in [1.807, 2.05) is 19.1 Å². The van der Waals surface area contributed by atoms with Crippen molar-refractivity contribution in [1.82, 2.24) is 5.32 Å². The number of hydrogen-bond acceptors (Lipinski definition) is 2. The Morgan fingerprint density at radius 2 is 1.77 bits per heavy atom. The molecule has 3 nitrogen and oxygen atoms in total. The Morgan fingerprint density at radius 1 is 1.00 bits per heavy atom. The number of rotatable bonds is 7. The van der Waals surface area contributed by atoms with Crippen molar-refractivity contribution in [3.63, 3.8) is 0 Å². The Bertz CT molecular complexity index is 1350. The number of fused-ring (bicyclic) bond motifs is 2. The van der Waals surface area contributed by atoms with E-state index in [4.69, 9.17) is 0 Å². The fraction of sp³-hybridized carbons (Fsp3) is 0.281. The van der Waals surface area contributed by atoms with Crippen molar-refractivity contribution in [2.75, 3.05) is 6.54 Å². The molecule has 0 bridgehead atoms. The van der Waals surface area contributed by atoms with Gasteiger partial charge in [-0.1, -0.05) is 78.9 Å². The summed E-state index contributed by atoms with van der Waals surface area (Å²) in [5.74, 6) is -0.0625. The molecule has 0 fully saturated rings. The minimum Gasteiger partial charge on any atom is -0.478 e. The summed E-state index contributed by atoms with van der Waals surface area (Å²) in [4.78, 5) is 11.8. The molecule has 178 valence electrons. The summed E-state index contributed by atoms with van der Waals surface area (Å²) in [6.45, 7) is 5.08. The van der Waals surface area contributed by atoms with E-state index in [1.165, 1.54) is 27.5 Å². The summed E-state index contributed by atoms with van der Waals surface area (Å²) in [5.41, 5.74) is 6.42. The highest BCUT2D eigenvalue weighted by Crippen LogP contribution is 2.41. The number of nitrogens with one attached hydrogen (secondary N) is 1. The lowest BCUT2D eigenvalue weighted by Gasteiger charge is -2.32. The van der Waals surface area contributed by atoms with E-state index in [0.717, 1.165) is 36.9 Å². The molecule has 35 heavy (non-hydrogen) atoms. The molecule has 0 saturated heterocycles. The van der Waals surface area contributed by atoms with E-state index in [0.29, 0.717) is 11.5 Å². The van der Waals surface area contributed by atoms with Crippen molar-refractivity contribution in [3.05, 3.63) is 118 Å². The fourth-order valence-electron chi connectivity index (χ4n) is 5.78. The Balaban J connectivity index is 1.31. The van der Waals surface area contributed by atoms with Crippen LogP contribution < -0.4 is 5.32 Å². The second kappa shape index (κ2) is 10.1. The van der Waals surface area contributed by atoms with Crippen molar-refractivity contribution in [1.29, 1.82) is 0 Å². The summed E-state index contributed by atoms with van der Waals surface area (Å²) < 4.78 is 0. The van der Waals surface area contributed by atoms with Gasteiger partial charge in [-0.05, 0) is 90.2 Å². The summed E-state index contributed by atoms with van der Waals surface area (Å²) in [7, 11) is 0. The Hall–Kier alpha value is -3.43. The molecule has 0 aliphatic heterocycles. The minimum atomic E-state index is -0.850. The average molecular weight is 464 g/mol. The van der Waals surface area contributed by atoms with Gasteiger partial charge in [-0.2, -0.15) is 0 Å². The first-order valence-electron chi connectivity index (χ1n) is 12.6. The second-order valence-corrected chi connectivity index (χ2v) is 9.97. The lowest BCUT2D eigenvalue weighted by atomic mass is 9.72. The number of hydrogen-bond donors (Lipinski definition) is 2. The normalized spacial score (nSPS) is 18.2. The van der Waals surface area contributed by atoms with Crippen molar-refractivity contribution < 1.29 is 9.90 Å². The van der Waals surface area contributed by atoms with E-state index < -0.39 is 5.97 Å². The molecule has 3 atom stereocenters. The first kappa shape index (κ1) is 23.3. The maximum Gasteiger partial charge on any atom is 0.335 e. The van der Waals surface area contributed by atoms with Crippen LogP contribution in [0.1, 0.15) is 69.9 Å². The van der Waals surface area contributed by atoms with Crippen LogP contribution in [0.25, 0.3) is 10.8 Å². The topological polar surface area (TPSA) is 49.3 Å². The highest BCUT2D eigenvalue weighted by atomic mass is 16.4. The first-order chi connectivity index (χ1) is 17.0. The minimum absolute atomic E-state index is 0.235. The molecule has 4 aromatic rings. The lowest BCUT2D eigenvalue weighted by molar-refractivity contribution is 0.0696. The van der Waals surface area contributed by atoms with E-state index in [1.54, 1.807) is 0 Å². The highest BCUT2D eigenvalue weighted by molar-refractivity contribution is 5.89. The van der Waals surface area contributed by atoms with Gasteiger partial charge in [-0.3, -0.25) is 0 Å². The molecule has 4 aromatic carbocycles. The molecular formula is C32H33NO2. The molecule has 0 radical (unpaired) electrons. The molecule has 5 rings (SSSR count). The third-order valence-corrected chi connectivity index (χ3v) is 7.70. The molecule has 1 aliphatic carbocycles. The SMILES string of the molecule is Cc1ccc(C2CC(CCNC(C)c3cccc4ccccc34)Cc3ccccc32)cc1C(=O)O. The van der Waals surface area contributed by atoms with Crippen LogP contribution in [0.2, 0.25) is 0 Å². The number of carbonyl (C=O) groups is 1. The van der Waals surface area contributed by atoms with Crippen LogP contribution in [0, 0.1) is 12.8 Å². The maximum atomic E-state index is 11.8. The third-order valence-electron chi connectivity index (χ3n) is 7.70. The van der Waals surface area contributed by atoms with Crippen LogP contribution >= 0.6 is 0 Å². The van der Waals surface area contributed by atoms with E-state index in [-0.39, 0.29) is 12.0 Å². The van der Waals surface area contributed by atoms with Gasteiger partial charge in [0.1, 0.15) is 0 Å². The maximum absolute atomic E-state index is 11.8. The van der Waals surface area contributed by atoms with Crippen LogP contribution in [-0.4, -0.2) is 17.6 Å². The molecule has 2 N–H and O–H groups in total. The number of carboxylic acids is 1. The molecule has 3 unspecified atom stereocenters. The standard InChI is InChI=1S/C32H33NO2/c1-21-14-15-26(20-30(21)32(34)35)31-19-23(18-25-9-4-6-12-29(25)31)16-17-33-22(2)27-13-7-10-24-8-3-5-11-28(24)27/h3-15,20,22-23,31,33H,16-19H2,1-2H3,(H,34,35). The largest absolute Gasteiger partial charge is 0.478 e. The van der Waals surface area contributed by atoms with Crippen LogP contribution in [0.5, 0.6) is 0 Å². The molecule has 1 aliphatic rings. The zero-order valence-electron chi connectivity index (χ0n) is 20.5. The van der Waals surface area contributed by atoms with Crippen LogP contribution in [0.4, 0.5) is 0 Å². The molecule has 0 spiro atoms. The van der Waals surface area contributed by atoms with Crippen molar-refractivity contribution >= 4 is 16.7 Å². The van der Waals surface area contributed by atoms with Gasteiger partial charge in [-0.25, -0.2) is 4.79 Å². The summed E-state index contributed by atoms with van der Waals surface area (Å²) >= 11 is 0. The quantitative estimate of drug-likeness (QED) is 0.303. The van der Waals surface area contributed by atoms with Gasteiger partial charge in [0.05, 0.1) is 5.56 Å². The molecule has 0 saturated carbocycles. The molecule has 0 heterocycles. The van der Waals surface area contributed by atoms with Crippen molar-refractivity contribution in [2.45, 2.75) is 45.1 Å². The van der Waals surface area contributed by atoms with E-state index in [9.17, 15) is 9.90 Å². The van der Waals surface area contributed by atoms with Gasteiger partial charge < -0.3 is 10.4 Å². The number of carboxylic acid groups (broad SMARTS) is 1. The Kier molecular flexibility index (Phi) is 6.70. The second-order valence-electron chi connectivity index (χ2n) is 9.97. The van der Waals surface area contributed by atoms with Crippen LogP contribution in [-0.2, 0) is 6.42 Å². The van der Waals surface area contributed by atoms with E-state index in [2.05, 4.69) is 85.0 Å². The van der Waals surface area contributed by atoms with E-state index >= 15 is 0 Å². The smallest absolute Gasteiger partial charge is 0.335 e. The summed E-state index contributed by atoms with van der Waals surface area (Å²) in [6.07, 6.45) is 3.22. The monoisotopic (exact) mass is 463 g/mol. The predicted molar refractivity (Wildman–Crippen MR) is 143 cm³/mol. The third kappa shape index (κ3) is 4.87. The van der Waals surface area contributed by atoms with Gasteiger partial charge in [0.2, 0.25) is 0 Å². The Morgan fingerprint density at radius 3 is 2.63 bits per heavy atom. The molecule has 0 amide bonds. The zero-order valence-corrected chi connectivity index (χ0v) is 20.5. The van der Waals surface area contributed by atoms with Crippen molar-refractivity contribution in [2.24, 2.45) is 5.92 Å². The van der Waals surface area contributed by atoms with Gasteiger partial charge >= 0.3 is 5.97 Å². The number of aryl methyl sites for hydroxylation is 1. The number of benzene rings is 4. The van der Waals surface area contributed by atoms with Gasteiger partial charge in [0, 0.05) is 12.0 Å². The van der Waals surface area contributed by atoms with Gasteiger partial charge in [0.25, 0.3) is 0 Å². The molecule has 0 aromatic heterocycles. The van der Waals surface area contributed by atoms with Gasteiger partial charge in [-0.15, -0.1) is 0 Å². The van der Waals surface area contributed by atoms with Crippen molar-refractivity contribution in [3.8, 4) is 0 Å². The average Bonchev–Trinajstić information content (AvgIpc) is 2.88. The fourth-order valence-corrected chi connectivity index (χ4v) is 5.78. The number of aromatic carboxylic acids is 1. The predicted octanol–water partition coefficient (Wildman–Crippen LogP) is 7.28. The molecular weight excluding hydrogens is 430 g/mol. The summed E-state index contributed by atoms with van der Waals surface area (Å²) in [6, 6.07) is 30.1. The zero-order chi connectivity index (χ0) is 24.4. The van der Waals surface area contributed by atoms with Crippen LogP contribution in [0.3, 0.4) is 0 Å². The first-order valence-corrected chi connectivity index (χ1v) is 12.6. The lowest BCUT2D eigenvalue weighted by Crippen LogP contribution is -2.26. The summed E-state index contributed by atoms with van der Waals surface area (Å²) in [5, 5.41) is 16.0. The van der Waals surface area contributed by atoms with Gasteiger partial charge in [0.15, 0.2) is 0 Å². The van der Waals surface area contributed by atoms with Crippen LogP contribution in [0.15, 0.2) is 84.9 Å². The molecule has 3 heteroatoms.